The molecular formula is C14H10O4. The van der Waals surface area contributed by atoms with Crippen LogP contribution in [0.15, 0.2) is 49.1 Å². The van der Waals surface area contributed by atoms with E-state index in [9.17, 15) is 9.59 Å². The monoisotopic (exact) mass is 242 g/mol. The Morgan fingerprint density at radius 1 is 1.06 bits per heavy atom. The van der Waals surface area contributed by atoms with Crippen molar-refractivity contribution in [3.63, 3.8) is 0 Å². The quantitative estimate of drug-likeness (QED) is 0.357. The van der Waals surface area contributed by atoms with Gasteiger partial charge >= 0.3 is 5.97 Å². The van der Waals surface area contributed by atoms with Crippen molar-refractivity contribution in [2.24, 2.45) is 0 Å². The molecule has 4 heteroatoms. The third-order valence-corrected chi connectivity index (χ3v) is 2.35. The molecule has 0 N–H and O–H groups in total. The van der Waals surface area contributed by atoms with E-state index in [2.05, 4.69) is 6.58 Å². The smallest absolute Gasteiger partial charge is 0.335 e. The van der Waals surface area contributed by atoms with Gasteiger partial charge < -0.3 is 9.47 Å². The Bertz CT molecular complexity index is 616. The molecule has 2 rings (SSSR count). The molecule has 0 fully saturated rings. The second-order valence-electron chi connectivity index (χ2n) is 3.51. The molecule has 0 heterocycles. The minimum absolute atomic E-state index is 0.376. The summed E-state index contributed by atoms with van der Waals surface area (Å²) in [6, 6.07) is 10.3. The average molecular weight is 242 g/mol. The van der Waals surface area contributed by atoms with Crippen molar-refractivity contribution in [2.75, 3.05) is 0 Å². The molecule has 2 aromatic rings. The highest BCUT2D eigenvalue weighted by molar-refractivity contribution is 5.88. The van der Waals surface area contributed by atoms with E-state index in [4.69, 9.17) is 9.47 Å². The summed E-state index contributed by atoms with van der Waals surface area (Å²) in [5.74, 6) is 0.403. The summed E-state index contributed by atoms with van der Waals surface area (Å²) < 4.78 is 9.75. The van der Waals surface area contributed by atoms with Crippen LogP contribution in [-0.4, -0.2) is 12.4 Å². The Labute approximate surface area is 103 Å². The fourth-order valence-electron chi connectivity index (χ4n) is 1.55. The van der Waals surface area contributed by atoms with Gasteiger partial charge in [-0.2, -0.15) is 0 Å². The Morgan fingerprint density at radius 2 is 1.67 bits per heavy atom. The van der Waals surface area contributed by atoms with Gasteiger partial charge in [-0.3, -0.25) is 4.79 Å². The Balaban J connectivity index is 2.34. The molecule has 0 aliphatic heterocycles. The zero-order chi connectivity index (χ0) is 13.0. The van der Waals surface area contributed by atoms with E-state index in [1.165, 1.54) is 0 Å². The normalized spacial score (nSPS) is 9.78. The van der Waals surface area contributed by atoms with Crippen LogP contribution in [0.5, 0.6) is 11.5 Å². The van der Waals surface area contributed by atoms with Gasteiger partial charge in [0.2, 0.25) is 0 Å². The summed E-state index contributed by atoms with van der Waals surface area (Å²) >= 11 is 0. The maximum Gasteiger partial charge on any atom is 0.335 e. The van der Waals surface area contributed by atoms with Gasteiger partial charge in [-0.1, -0.05) is 18.7 Å². The molecule has 0 atom stereocenters. The Hall–Kier alpha value is -2.62. The lowest BCUT2D eigenvalue weighted by molar-refractivity contribution is -0.129. The SMILES string of the molecule is C=CC(=O)Oc1ccc2cc(OC=O)ccc2c1. The van der Waals surface area contributed by atoms with E-state index in [1.54, 1.807) is 36.4 Å². The van der Waals surface area contributed by atoms with E-state index in [0.717, 1.165) is 16.8 Å². The zero-order valence-electron chi connectivity index (χ0n) is 9.46. The minimum atomic E-state index is -0.504. The molecule has 0 amide bonds. The highest BCUT2D eigenvalue weighted by Gasteiger charge is 2.02. The van der Waals surface area contributed by atoms with Gasteiger partial charge in [0.05, 0.1) is 0 Å². The lowest BCUT2D eigenvalue weighted by Gasteiger charge is -2.04. The number of fused-ring (bicyclic) bond motifs is 1. The van der Waals surface area contributed by atoms with Crippen LogP contribution in [-0.2, 0) is 9.59 Å². The molecule has 0 radical (unpaired) electrons. The second-order valence-corrected chi connectivity index (χ2v) is 3.51. The molecule has 2 aromatic carbocycles. The fourth-order valence-corrected chi connectivity index (χ4v) is 1.55. The number of hydrogen-bond acceptors (Lipinski definition) is 4. The summed E-state index contributed by atoms with van der Waals surface area (Å²) in [6.45, 7) is 3.70. The van der Waals surface area contributed by atoms with E-state index in [-0.39, 0.29) is 0 Å². The van der Waals surface area contributed by atoms with E-state index < -0.39 is 5.97 Å². The van der Waals surface area contributed by atoms with Crippen LogP contribution in [0.25, 0.3) is 10.8 Å². The standard InChI is InChI=1S/C14H10O4/c1-2-14(16)18-13-6-4-10-7-12(17-9-15)5-3-11(10)8-13/h2-9H,1H2. The summed E-state index contributed by atoms with van der Waals surface area (Å²) in [4.78, 5) is 21.3. The number of benzene rings is 2. The minimum Gasteiger partial charge on any atom is -0.429 e. The average Bonchev–Trinajstić information content (AvgIpc) is 2.39. The van der Waals surface area contributed by atoms with Crippen molar-refractivity contribution in [3.05, 3.63) is 49.1 Å². The molecule has 4 nitrogen and oxygen atoms in total. The molecule has 90 valence electrons. The number of carbonyl (C=O) groups is 2. The molecule has 18 heavy (non-hydrogen) atoms. The number of carbonyl (C=O) groups excluding carboxylic acids is 2. The molecule has 0 aromatic heterocycles. The van der Waals surface area contributed by atoms with Gasteiger partial charge in [0, 0.05) is 6.08 Å². The van der Waals surface area contributed by atoms with Crippen molar-refractivity contribution >= 4 is 23.2 Å². The third-order valence-electron chi connectivity index (χ3n) is 2.35. The van der Waals surface area contributed by atoms with Crippen molar-refractivity contribution in [1.82, 2.24) is 0 Å². The Morgan fingerprint density at radius 3 is 2.28 bits per heavy atom. The maximum absolute atomic E-state index is 11.1. The predicted octanol–water partition coefficient (Wildman–Crippen LogP) is 2.47. The first-order valence-electron chi connectivity index (χ1n) is 5.21. The molecule has 0 saturated heterocycles. The van der Waals surface area contributed by atoms with Crippen LogP contribution >= 0.6 is 0 Å². The van der Waals surface area contributed by atoms with Crippen LogP contribution in [0.4, 0.5) is 0 Å². The van der Waals surface area contributed by atoms with E-state index in [1.807, 2.05) is 0 Å². The molecule has 0 spiro atoms. The lowest BCUT2D eigenvalue weighted by Crippen LogP contribution is -2.02. The van der Waals surface area contributed by atoms with Crippen LogP contribution in [0.1, 0.15) is 0 Å². The third kappa shape index (κ3) is 2.55. The summed E-state index contributed by atoms with van der Waals surface area (Å²) in [5.41, 5.74) is 0. The Kier molecular flexibility index (Phi) is 3.38. The number of hydrogen-bond donors (Lipinski definition) is 0. The fraction of sp³-hybridized carbons (Fsp3) is 0. The van der Waals surface area contributed by atoms with Crippen molar-refractivity contribution in [3.8, 4) is 11.5 Å². The van der Waals surface area contributed by atoms with Crippen molar-refractivity contribution < 1.29 is 19.1 Å². The van der Waals surface area contributed by atoms with Crippen molar-refractivity contribution in [1.29, 1.82) is 0 Å². The van der Waals surface area contributed by atoms with Crippen LogP contribution in [0.2, 0.25) is 0 Å². The highest BCUT2D eigenvalue weighted by Crippen LogP contribution is 2.24. The maximum atomic E-state index is 11.1. The van der Waals surface area contributed by atoms with Gasteiger partial charge in [0.15, 0.2) is 0 Å². The van der Waals surface area contributed by atoms with E-state index in [0.29, 0.717) is 18.0 Å². The van der Waals surface area contributed by atoms with Gasteiger partial charge in [-0.25, -0.2) is 4.79 Å². The molecule has 0 unspecified atom stereocenters. The van der Waals surface area contributed by atoms with Crippen LogP contribution in [0, 0.1) is 0 Å². The molecular weight excluding hydrogens is 232 g/mol. The topological polar surface area (TPSA) is 52.6 Å². The molecule has 0 aliphatic carbocycles. The van der Waals surface area contributed by atoms with Gasteiger partial charge in [-0.05, 0) is 35.0 Å². The van der Waals surface area contributed by atoms with Crippen LogP contribution in [0.3, 0.4) is 0 Å². The van der Waals surface area contributed by atoms with Crippen molar-refractivity contribution in [2.45, 2.75) is 0 Å². The lowest BCUT2D eigenvalue weighted by atomic mass is 10.1. The summed E-state index contributed by atoms with van der Waals surface area (Å²) in [7, 11) is 0. The van der Waals surface area contributed by atoms with Crippen LogP contribution < -0.4 is 9.47 Å². The van der Waals surface area contributed by atoms with Gasteiger partial charge in [0.25, 0.3) is 6.47 Å². The highest BCUT2D eigenvalue weighted by atomic mass is 16.5. The molecule has 0 aliphatic rings. The largest absolute Gasteiger partial charge is 0.429 e. The number of esters is 1. The van der Waals surface area contributed by atoms with Gasteiger partial charge in [0.1, 0.15) is 11.5 Å². The zero-order valence-corrected chi connectivity index (χ0v) is 9.46. The molecule has 0 bridgehead atoms. The first kappa shape index (κ1) is 11.9. The summed E-state index contributed by atoms with van der Waals surface area (Å²) in [6.07, 6.45) is 1.10. The first-order chi connectivity index (χ1) is 8.72. The predicted molar refractivity (Wildman–Crippen MR) is 66.5 cm³/mol. The number of rotatable bonds is 4. The molecule has 0 saturated carbocycles. The first-order valence-corrected chi connectivity index (χ1v) is 5.21. The summed E-state index contributed by atoms with van der Waals surface area (Å²) in [5, 5.41) is 1.76. The van der Waals surface area contributed by atoms with Gasteiger partial charge in [-0.15, -0.1) is 0 Å². The number of ether oxygens (including phenoxy) is 2. The second kappa shape index (κ2) is 5.14. The van der Waals surface area contributed by atoms with E-state index >= 15 is 0 Å².